The number of likely N-dealkylation sites (tertiary alicyclic amines) is 2. The standard InChI is InChI=1S/C23H32F2N4OS/c1-16-4-3-10-28(15-16)19-7-11-29(12-8-19)23(26-9-13-31-23)22(30)27-17(2)20-14-18(24)5-6-21(20)25/h5-6,9,13-14,16-17,19,26H,3-4,7-8,10-12,15H2,1-2H3,(H,27,30)/t16-,17?,23?/m1/s1. The van der Waals surface area contributed by atoms with Crippen LogP contribution in [0, 0.1) is 17.6 Å². The summed E-state index contributed by atoms with van der Waals surface area (Å²) in [7, 11) is 0. The molecule has 0 aliphatic carbocycles. The van der Waals surface area contributed by atoms with Gasteiger partial charge in [-0.1, -0.05) is 18.7 Å². The highest BCUT2D eigenvalue weighted by molar-refractivity contribution is 8.04. The average Bonchev–Trinajstić information content (AvgIpc) is 3.27. The van der Waals surface area contributed by atoms with Crippen LogP contribution >= 0.6 is 11.8 Å². The average molecular weight is 451 g/mol. The molecule has 1 aromatic carbocycles. The Kier molecular flexibility index (Phi) is 6.89. The van der Waals surface area contributed by atoms with Gasteiger partial charge in [-0.05, 0) is 68.7 Å². The van der Waals surface area contributed by atoms with E-state index in [9.17, 15) is 13.6 Å². The number of nitrogens with one attached hydrogen (secondary N) is 2. The third-order valence-electron chi connectivity index (χ3n) is 6.78. The second-order valence-electron chi connectivity index (χ2n) is 9.03. The van der Waals surface area contributed by atoms with Gasteiger partial charge in [-0.25, -0.2) is 8.78 Å². The highest BCUT2D eigenvalue weighted by atomic mass is 32.2. The fourth-order valence-electron chi connectivity index (χ4n) is 5.06. The first-order valence-corrected chi connectivity index (χ1v) is 12.1. The van der Waals surface area contributed by atoms with E-state index in [-0.39, 0.29) is 11.5 Å². The van der Waals surface area contributed by atoms with Crippen molar-refractivity contribution in [1.82, 2.24) is 20.4 Å². The Labute approximate surface area is 187 Å². The molecule has 1 amide bonds. The van der Waals surface area contributed by atoms with E-state index in [1.807, 2.05) is 5.41 Å². The van der Waals surface area contributed by atoms with Gasteiger partial charge in [-0.15, -0.1) is 0 Å². The normalized spacial score (nSPS) is 29.0. The van der Waals surface area contributed by atoms with Crippen LogP contribution in [0.1, 0.15) is 51.1 Å². The van der Waals surface area contributed by atoms with Crippen molar-refractivity contribution in [1.29, 1.82) is 0 Å². The van der Waals surface area contributed by atoms with Crippen LogP contribution in [-0.2, 0) is 4.79 Å². The summed E-state index contributed by atoms with van der Waals surface area (Å²) < 4.78 is 27.8. The minimum Gasteiger partial charge on any atom is -0.356 e. The maximum atomic E-state index is 14.2. The molecule has 2 saturated heterocycles. The molecule has 0 spiro atoms. The van der Waals surface area contributed by atoms with E-state index >= 15 is 0 Å². The van der Waals surface area contributed by atoms with Gasteiger partial charge in [0.15, 0.2) is 0 Å². The van der Waals surface area contributed by atoms with Crippen LogP contribution in [0.4, 0.5) is 8.78 Å². The second kappa shape index (κ2) is 9.46. The molecule has 170 valence electrons. The molecule has 0 radical (unpaired) electrons. The molecule has 8 heteroatoms. The molecule has 3 heterocycles. The van der Waals surface area contributed by atoms with Crippen LogP contribution < -0.4 is 10.6 Å². The fourth-order valence-corrected chi connectivity index (χ4v) is 6.03. The van der Waals surface area contributed by atoms with Crippen molar-refractivity contribution in [2.75, 3.05) is 26.2 Å². The van der Waals surface area contributed by atoms with Crippen LogP contribution in [0.3, 0.4) is 0 Å². The van der Waals surface area contributed by atoms with Crippen LogP contribution in [0.25, 0.3) is 0 Å². The fraction of sp³-hybridized carbons (Fsp3) is 0.609. The van der Waals surface area contributed by atoms with Crippen LogP contribution in [0.2, 0.25) is 0 Å². The third kappa shape index (κ3) is 4.76. The van der Waals surface area contributed by atoms with E-state index in [2.05, 4.69) is 27.4 Å². The molecule has 2 unspecified atom stereocenters. The number of halogens is 2. The number of piperidine rings is 2. The Balaban J connectivity index is 1.42. The number of thioether (sulfide) groups is 1. The number of rotatable bonds is 5. The summed E-state index contributed by atoms with van der Waals surface area (Å²) in [5, 5.41) is 8.02. The number of benzene rings is 1. The third-order valence-corrected chi connectivity index (χ3v) is 7.95. The molecular formula is C23H32F2N4OS. The minimum atomic E-state index is -0.946. The van der Waals surface area contributed by atoms with E-state index in [4.69, 9.17) is 0 Å². The van der Waals surface area contributed by atoms with Crippen molar-refractivity contribution in [2.24, 2.45) is 5.92 Å². The quantitative estimate of drug-likeness (QED) is 0.715. The molecule has 3 aliphatic rings. The summed E-state index contributed by atoms with van der Waals surface area (Å²) >= 11 is 1.43. The Morgan fingerprint density at radius 1 is 1.26 bits per heavy atom. The zero-order valence-electron chi connectivity index (χ0n) is 18.2. The monoisotopic (exact) mass is 450 g/mol. The number of hydrogen-bond acceptors (Lipinski definition) is 5. The van der Waals surface area contributed by atoms with E-state index < -0.39 is 22.7 Å². The summed E-state index contributed by atoms with van der Waals surface area (Å²) in [5.74, 6) is -0.519. The number of hydrogen-bond donors (Lipinski definition) is 2. The molecule has 0 aromatic heterocycles. The summed E-state index contributed by atoms with van der Waals surface area (Å²) in [6.45, 7) is 7.97. The SMILES string of the molecule is CC(NC(=O)C1(N2CCC(N3CCC[C@@H](C)C3)CC2)NC=CS1)c1cc(F)ccc1F. The smallest absolute Gasteiger partial charge is 0.272 e. The molecule has 1 aromatic rings. The Morgan fingerprint density at radius 2 is 2.03 bits per heavy atom. The van der Waals surface area contributed by atoms with Crippen molar-refractivity contribution in [3.63, 3.8) is 0 Å². The maximum Gasteiger partial charge on any atom is 0.272 e. The van der Waals surface area contributed by atoms with Gasteiger partial charge >= 0.3 is 0 Å². The highest BCUT2D eigenvalue weighted by Crippen LogP contribution is 2.36. The minimum absolute atomic E-state index is 0.150. The van der Waals surface area contributed by atoms with Gasteiger partial charge in [0.05, 0.1) is 6.04 Å². The summed E-state index contributed by atoms with van der Waals surface area (Å²) in [6.07, 6.45) is 6.42. The molecule has 0 saturated carbocycles. The van der Waals surface area contributed by atoms with Gasteiger partial charge in [-0.3, -0.25) is 9.69 Å². The summed E-state index contributed by atoms with van der Waals surface area (Å²) in [5.41, 5.74) is 0.150. The lowest BCUT2D eigenvalue weighted by atomic mass is 9.95. The Morgan fingerprint density at radius 3 is 2.71 bits per heavy atom. The summed E-state index contributed by atoms with van der Waals surface area (Å²) in [4.78, 5) is 17.2. The van der Waals surface area contributed by atoms with Crippen molar-refractivity contribution in [2.45, 2.75) is 56.6 Å². The van der Waals surface area contributed by atoms with Crippen LogP contribution in [-0.4, -0.2) is 52.9 Å². The largest absolute Gasteiger partial charge is 0.356 e. The molecule has 31 heavy (non-hydrogen) atoms. The first kappa shape index (κ1) is 22.6. The number of nitrogens with zero attached hydrogens (tertiary/aromatic N) is 2. The number of carbonyl (C=O) groups is 1. The van der Waals surface area contributed by atoms with Gasteiger partial charge in [0.25, 0.3) is 5.91 Å². The lowest BCUT2D eigenvalue weighted by molar-refractivity contribution is -0.130. The molecule has 2 N–H and O–H groups in total. The maximum absolute atomic E-state index is 14.2. The predicted molar refractivity (Wildman–Crippen MR) is 120 cm³/mol. The molecule has 4 rings (SSSR count). The van der Waals surface area contributed by atoms with Gasteiger partial charge in [-0.2, -0.15) is 0 Å². The predicted octanol–water partition coefficient (Wildman–Crippen LogP) is 3.80. The molecule has 3 aliphatic heterocycles. The molecule has 5 nitrogen and oxygen atoms in total. The Hall–Kier alpha value is -1.64. The van der Waals surface area contributed by atoms with Crippen molar-refractivity contribution in [3.8, 4) is 0 Å². The zero-order valence-corrected chi connectivity index (χ0v) is 19.1. The highest BCUT2D eigenvalue weighted by Gasteiger charge is 2.47. The Bertz CT molecular complexity index is 820. The van der Waals surface area contributed by atoms with Crippen molar-refractivity contribution >= 4 is 17.7 Å². The van der Waals surface area contributed by atoms with E-state index in [1.165, 1.54) is 37.7 Å². The van der Waals surface area contributed by atoms with E-state index in [1.54, 1.807) is 13.1 Å². The first-order valence-electron chi connectivity index (χ1n) is 11.2. The second-order valence-corrected chi connectivity index (χ2v) is 10.1. The molecule has 3 atom stereocenters. The van der Waals surface area contributed by atoms with Crippen molar-refractivity contribution in [3.05, 3.63) is 47.0 Å². The van der Waals surface area contributed by atoms with Crippen LogP contribution in [0.15, 0.2) is 29.8 Å². The molecule has 0 bridgehead atoms. The summed E-state index contributed by atoms with van der Waals surface area (Å²) in [6, 6.07) is 3.25. The lowest BCUT2D eigenvalue weighted by Crippen LogP contribution is -2.65. The van der Waals surface area contributed by atoms with E-state index in [0.29, 0.717) is 6.04 Å². The van der Waals surface area contributed by atoms with E-state index in [0.717, 1.165) is 50.0 Å². The van der Waals surface area contributed by atoms with Gasteiger partial charge < -0.3 is 15.5 Å². The number of amides is 1. The topological polar surface area (TPSA) is 47.6 Å². The first-order chi connectivity index (χ1) is 14.9. The lowest BCUT2D eigenvalue weighted by Gasteiger charge is -2.46. The van der Waals surface area contributed by atoms with Gasteiger partial charge in [0.1, 0.15) is 11.6 Å². The van der Waals surface area contributed by atoms with Crippen molar-refractivity contribution < 1.29 is 13.6 Å². The molecular weight excluding hydrogens is 418 g/mol. The van der Waals surface area contributed by atoms with Gasteiger partial charge in [0, 0.05) is 37.4 Å². The number of carbonyl (C=O) groups excluding carboxylic acids is 1. The van der Waals surface area contributed by atoms with Crippen LogP contribution in [0.5, 0.6) is 0 Å². The van der Waals surface area contributed by atoms with Gasteiger partial charge in [0.2, 0.25) is 4.99 Å². The zero-order chi connectivity index (χ0) is 22.0. The molecule has 2 fully saturated rings.